The summed E-state index contributed by atoms with van der Waals surface area (Å²) in [4.78, 5) is 0. The number of rotatable bonds is 5. The lowest BCUT2D eigenvalue weighted by atomic mass is 9.99. The van der Waals surface area contributed by atoms with Crippen LogP contribution in [-0.4, -0.2) is 110 Å². The molecular formula is C12H21FO10. The Labute approximate surface area is 130 Å². The van der Waals surface area contributed by atoms with E-state index in [1.165, 1.54) is 0 Å². The third kappa shape index (κ3) is 3.22. The molecule has 136 valence electrons. The van der Waals surface area contributed by atoms with Gasteiger partial charge in [0.15, 0.2) is 6.29 Å². The van der Waals surface area contributed by atoms with Crippen molar-refractivity contribution < 1.29 is 54.3 Å². The van der Waals surface area contributed by atoms with E-state index in [1.807, 2.05) is 0 Å². The number of aliphatic hydroxyl groups excluding tert-OH is 7. The molecule has 2 saturated heterocycles. The highest BCUT2D eigenvalue weighted by Gasteiger charge is 2.58. The molecule has 2 rings (SSSR count). The van der Waals surface area contributed by atoms with Gasteiger partial charge in [-0.25, -0.2) is 4.39 Å². The number of ether oxygens (including phenoxy) is 3. The first-order chi connectivity index (χ1) is 10.8. The van der Waals surface area contributed by atoms with Gasteiger partial charge in [0.2, 0.25) is 5.79 Å². The third-order valence-corrected chi connectivity index (χ3v) is 4.04. The van der Waals surface area contributed by atoms with E-state index >= 15 is 0 Å². The Kier molecular flexibility index (Phi) is 5.90. The topological polar surface area (TPSA) is 169 Å². The molecule has 0 aliphatic carbocycles. The van der Waals surface area contributed by atoms with Gasteiger partial charge in [-0.15, -0.1) is 0 Å². The zero-order valence-electron chi connectivity index (χ0n) is 12.0. The first kappa shape index (κ1) is 18.9. The van der Waals surface area contributed by atoms with Gasteiger partial charge in [0, 0.05) is 0 Å². The molecule has 0 saturated carbocycles. The number of alkyl halides is 1. The SMILES string of the molecule is OC[C@H]1OC(CO)(O[C@H]2O[C@H](CF)[C@@H](O)[C@H](O)[C@H]2O)[C@@H](O)[C@@H]1O. The summed E-state index contributed by atoms with van der Waals surface area (Å²) in [5.74, 6) is -2.26. The second kappa shape index (κ2) is 7.19. The highest BCUT2D eigenvalue weighted by molar-refractivity contribution is 4.98. The third-order valence-electron chi connectivity index (χ3n) is 4.04. The molecule has 1 unspecified atom stereocenters. The highest BCUT2D eigenvalue weighted by atomic mass is 19.1. The molecule has 2 aliphatic rings. The fourth-order valence-corrected chi connectivity index (χ4v) is 2.61. The van der Waals surface area contributed by atoms with Crippen molar-refractivity contribution in [1.29, 1.82) is 0 Å². The minimum atomic E-state index is -2.26. The summed E-state index contributed by atoms with van der Waals surface area (Å²) in [5, 5.41) is 67.3. The number of aliphatic hydroxyl groups is 7. The summed E-state index contributed by atoms with van der Waals surface area (Å²) in [6, 6.07) is 0. The van der Waals surface area contributed by atoms with Crippen LogP contribution in [-0.2, 0) is 14.2 Å². The van der Waals surface area contributed by atoms with Gasteiger partial charge >= 0.3 is 0 Å². The van der Waals surface area contributed by atoms with Crippen LogP contribution >= 0.6 is 0 Å². The predicted molar refractivity (Wildman–Crippen MR) is 67.5 cm³/mol. The van der Waals surface area contributed by atoms with Gasteiger partial charge in [-0.3, -0.25) is 0 Å². The normalized spacial score (nSPS) is 51.1. The first-order valence-electron chi connectivity index (χ1n) is 7.00. The Morgan fingerprint density at radius 1 is 0.913 bits per heavy atom. The van der Waals surface area contributed by atoms with Crippen LogP contribution in [0.5, 0.6) is 0 Å². The summed E-state index contributed by atoms with van der Waals surface area (Å²) in [5.41, 5.74) is 0. The summed E-state index contributed by atoms with van der Waals surface area (Å²) in [6.07, 6.45) is -13.3. The second-order valence-electron chi connectivity index (χ2n) is 5.53. The highest BCUT2D eigenvalue weighted by Crippen LogP contribution is 2.35. The van der Waals surface area contributed by atoms with Gasteiger partial charge in [-0.05, 0) is 0 Å². The van der Waals surface area contributed by atoms with Crippen LogP contribution in [0.2, 0.25) is 0 Å². The summed E-state index contributed by atoms with van der Waals surface area (Å²) < 4.78 is 28.0. The predicted octanol–water partition coefficient (Wildman–Crippen LogP) is -4.42. The Balaban J connectivity index is 2.18. The fourth-order valence-electron chi connectivity index (χ4n) is 2.61. The molecule has 0 spiro atoms. The van der Waals surface area contributed by atoms with Crippen LogP contribution in [0.1, 0.15) is 0 Å². The van der Waals surface area contributed by atoms with Crippen molar-refractivity contribution in [3.8, 4) is 0 Å². The van der Waals surface area contributed by atoms with E-state index in [9.17, 15) is 35.0 Å². The Hall–Kier alpha value is -0.470. The minimum absolute atomic E-state index is 0.689. The van der Waals surface area contributed by atoms with Crippen molar-refractivity contribution in [2.24, 2.45) is 0 Å². The maximum Gasteiger partial charge on any atom is 0.224 e. The molecule has 0 bridgehead atoms. The van der Waals surface area contributed by atoms with Crippen molar-refractivity contribution in [2.75, 3.05) is 19.9 Å². The van der Waals surface area contributed by atoms with Gasteiger partial charge in [-0.1, -0.05) is 0 Å². The van der Waals surface area contributed by atoms with Crippen LogP contribution in [0.25, 0.3) is 0 Å². The zero-order valence-corrected chi connectivity index (χ0v) is 12.0. The summed E-state index contributed by atoms with van der Waals surface area (Å²) in [7, 11) is 0. The monoisotopic (exact) mass is 344 g/mol. The van der Waals surface area contributed by atoms with Gasteiger partial charge in [0.05, 0.1) is 6.61 Å². The van der Waals surface area contributed by atoms with E-state index in [0.717, 1.165) is 0 Å². The van der Waals surface area contributed by atoms with Crippen LogP contribution in [0, 0.1) is 0 Å². The Morgan fingerprint density at radius 2 is 1.57 bits per heavy atom. The van der Waals surface area contributed by atoms with Crippen LogP contribution in [0.3, 0.4) is 0 Å². The molecule has 9 atom stereocenters. The lowest BCUT2D eigenvalue weighted by Crippen LogP contribution is -2.62. The number of hydrogen-bond acceptors (Lipinski definition) is 10. The molecule has 11 heteroatoms. The molecule has 0 aromatic heterocycles. The number of halogens is 1. The van der Waals surface area contributed by atoms with E-state index in [-0.39, 0.29) is 0 Å². The molecule has 0 aromatic carbocycles. The molecule has 0 aromatic rings. The van der Waals surface area contributed by atoms with Crippen molar-refractivity contribution in [1.82, 2.24) is 0 Å². The molecule has 2 fully saturated rings. The summed E-state index contributed by atoms with van der Waals surface area (Å²) >= 11 is 0. The van der Waals surface area contributed by atoms with Crippen molar-refractivity contribution in [2.45, 2.75) is 54.8 Å². The van der Waals surface area contributed by atoms with E-state index in [2.05, 4.69) is 0 Å². The van der Waals surface area contributed by atoms with Gasteiger partial charge in [0.25, 0.3) is 0 Å². The van der Waals surface area contributed by atoms with Crippen LogP contribution < -0.4 is 0 Å². The quantitative estimate of drug-likeness (QED) is 0.258. The van der Waals surface area contributed by atoms with Gasteiger partial charge < -0.3 is 50.0 Å². The average molecular weight is 344 g/mol. The molecule has 0 radical (unpaired) electrons. The van der Waals surface area contributed by atoms with Crippen molar-refractivity contribution in [3.05, 3.63) is 0 Å². The summed E-state index contributed by atoms with van der Waals surface area (Å²) in [6.45, 7) is -2.87. The standard InChI is InChI=1S/C12H21FO10/c13-1-4-6(16)8(18)9(19)11(21-4)23-12(3-15)10(20)7(17)5(2-14)22-12/h4-11,14-20H,1-3H2/t4-,5-,6-,7-,8+,9-,10+,11-,12?/m1/s1. The maximum absolute atomic E-state index is 12.8. The average Bonchev–Trinajstić information content (AvgIpc) is 2.80. The van der Waals surface area contributed by atoms with E-state index in [1.54, 1.807) is 0 Å². The minimum Gasteiger partial charge on any atom is -0.394 e. The molecule has 2 heterocycles. The van der Waals surface area contributed by atoms with Crippen molar-refractivity contribution >= 4 is 0 Å². The van der Waals surface area contributed by atoms with Crippen LogP contribution in [0.4, 0.5) is 4.39 Å². The largest absolute Gasteiger partial charge is 0.394 e. The van der Waals surface area contributed by atoms with Crippen molar-refractivity contribution in [3.63, 3.8) is 0 Å². The smallest absolute Gasteiger partial charge is 0.224 e. The maximum atomic E-state index is 12.8. The van der Waals surface area contributed by atoms with Gasteiger partial charge in [0.1, 0.15) is 56.0 Å². The van der Waals surface area contributed by atoms with Crippen LogP contribution in [0.15, 0.2) is 0 Å². The zero-order chi connectivity index (χ0) is 17.4. The lowest BCUT2D eigenvalue weighted by molar-refractivity contribution is -0.382. The van der Waals surface area contributed by atoms with E-state index in [0.29, 0.717) is 0 Å². The first-order valence-corrected chi connectivity index (χ1v) is 7.00. The number of hydrogen-bond donors (Lipinski definition) is 7. The molecule has 10 nitrogen and oxygen atoms in total. The molecular weight excluding hydrogens is 323 g/mol. The molecule has 23 heavy (non-hydrogen) atoms. The molecule has 7 N–H and O–H groups in total. The lowest BCUT2D eigenvalue weighted by Gasteiger charge is -2.43. The molecule has 2 aliphatic heterocycles. The fraction of sp³-hybridized carbons (Fsp3) is 1.00. The van der Waals surface area contributed by atoms with E-state index in [4.69, 9.17) is 19.3 Å². The molecule has 0 amide bonds. The Morgan fingerprint density at radius 3 is 2.04 bits per heavy atom. The Bertz CT molecular complexity index is 398. The van der Waals surface area contributed by atoms with Gasteiger partial charge in [-0.2, -0.15) is 0 Å². The van der Waals surface area contributed by atoms with E-state index < -0.39 is 74.7 Å². The second-order valence-corrected chi connectivity index (χ2v) is 5.53.